The topological polar surface area (TPSA) is 64.4 Å². The molecule has 0 saturated heterocycles. The van der Waals surface area contributed by atoms with E-state index in [-0.39, 0.29) is 22.4 Å². The van der Waals surface area contributed by atoms with Crippen LogP contribution in [-0.4, -0.2) is 24.1 Å². The second-order valence-corrected chi connectivity index (χ2v) is 5.35. The molecule has 1 aliphatic rings. The first-order valence-electron chi connectivity index (χ1n) is 6.37. The summed E-state index contributed by atoms with van der Waals surface area (Å²) >= 11 is 5.95. The summed E-state index contributed by atoms with van der Waals surface area (Å²) in [5.41, 5.74) is -0.0881. The molecule has 6 heteroatoms. The maximum Gasteiger partial charge on any atom is 0.312 e. The molecule has 0 aliphatic heterocycles. The molecule has 0 radical (unpaired) electrons. The van der Waals surface area contributed by atoms with Crippen molar-refractivity contribution in [3.63, 3.8) is 0 Å². The highest BCUT2D eigenvalue weighted by atomic mass is 35.5. The number of hydrogen-bond acceptors (Lipinski definition) is 4. The van der Waals surface area contributed by atoms with E-state index in [1.54, 1.807) is 12.1 Å². The van der Waals surface area contributed by atoms with Gasteiger partial charge in [-0.05, 0) is 18.9 Å². The van der Waals surface area contributed by atoms with E-state index in [1.807, 2.05) is 6.92 Å². The van der Waals surface area contributed by atoms with Crippen molar-refractivity contribution >= 4 is 17.3 Å². The molecular formula is C13H17ClN2O3. The van der Waals surface area contributed by atoms with Gasteiger partial charge in [-0.2, -0.15) is 0 Å². The second kappa shape index (κ2) is 6.21. The Morgan fingerprint density at radius 1 is 1.58 bits per heavy atom. The van der Waals surface area contributed by atoms with Gasteiger partial charge in [0.05, 0.1) is 16.6 Å². The van der Waals surface area contributed by atoms with Crippen molar-refractivity contribution in [1.82, 2.24) is 5.32 Å². The van der Waals surface area contributed by atoms with Crippen LogP contribution in [-0.2, 0) is 0 Å². The molecular weight excluding hydrogens is 268 g/mol. The number of ether oxygens (including phenoxy) is 1. The minimum Gasteiger partial charge on any atom is -0.485 e. The lowest BCUT2D eigenvalue weighted by molar-refractivity contribution is -0.385. The van der Waals surface area contributed by atoms with Gasteiger partial charge in [0.1, 0.15) is 0 Å². The quantitative estimate of drug-likeness (QED) is 0.617. The van der Waals surface area contributed by atoms with Crippen LogP contribution in [0, 0.1) is 16.0 Å². The minimum absolute atomic E-state index is 0.0881. The lowest BCUT2D eigenvalue weighted by Gasteiger charge is -2.14. The standard InChI is InChI=1S/C13H17ClN2O3/c1-9(7-15-10-5-6-10)8-19-13-11(14)3-2-4-12(13)16(17)18/h2-4,9-10,15H,5-8H2,1H3. The van der Waals surface area contributed by atoms with Crippen LogP contribution < -0.4 is 10.1 Å². The molecule has 1 saturated carbocycles. The fraction of sp³-hybridized carbons (Fsp3) is 0.538. The number of nitro benzene ring substituents is 1. The van der Waals surface area contributed by atoms with Gasteiger partial charge in [0.15, 0.2) is 0 Å². The highest BCUT2D eigenvalue weighted by molar-refractivity contribution is 6.32. The van der Waals surface area contributed by atoms with Crippen LogP contribution in [0.4, 0.5) is 5.69 Å². The Balaban J connectivity index is 1.92. The molecule has 1 N–H and O–H groups in total. The number of rotatable bonds is 7. The average molecular weight is 285 g/mol. The van der Waals surface area contributed by atoms with E-state index < -0.39 is 4.92 Å². The van der Waals surface area contributed by atoms with E-state index in [2.05, 4.69) is 5.32 Å². The first-order valence-corrected chi connectivity index (χ1v) is 6.75. The van der Waals surface area contributed by atoms with Gasteiger partial charge in [0.2, 0.25) is 5.75 Å². The van der Waals surface area contributed by atoms with Crippen LogP contribution in [0.5, 0.6) is 5.75 Å². The predicted octanol–water partition coefficient (Wildman–Crippen LogP) is 3.02. The van der Waals surface area contributed by atoms with Crippen LogP contribution in [0.1, 0.15) is 19.8 Å². The maximum absolute atomic E-state index is 10.9. The number of hydrogen-bond donors (Lipinski definition) is 1. The van der Waals surface area contributed by atoms with Gasteiger partial charge in [-0.3, -0.25) is 10.1 Å². The number of para-hydroxylation sites is 1. The van der Waals surface area contributed by atoms with Crippen molar-refractivity contribution in [2.75, 3.05) is 13.2 Å². The minimum atomic E-state index is -0.478. The molecule has 1 unspecified atom stereocenters. The molecule has 2 rings (SSSR count). The lowest BCUT2D eigenvalue weighted by Crippen LogP contribution is -2.26. The predicted molar refractivity (Wildman–Crippen MR) is 73.8 cm³/mol. The molecule has 1 fully saturated rings. The summed E-state index contributed by atoms with van der Waals surface area (Å²) in [5, 5.41) is 14.6. The molecule has 0 amide bonds. The summed E-state index contributed by atoms with van der Waals surface area (Å²) in [5.74, 6) is 0.434. The fourth-order valence-corrected chi connectivity index (χ4v) is 1.95. The van der Waals surface area contributed by atoms with Crippen molar-refractivity contribution in [3.05, 3.63) is 33.3 Å². The first-order chi connectivity index (χ1) is 9.08. The van der Waals surface area contributed by atoms with E-state index in [0.717, 1.165) is 6.54 Å². The molecule has 1 aliphatic carbocycles. The molecule has 0 spiro atoms. The number of nitrogens with one attached hydrogen (secondary N) is 1. The Bertz CT molecular complexity index is 463. The van der Waals surface area contributed by atoms with Gasteiger partial charge in [-0.25, -0.2) is 0 Å². The zero-order valence-corrected chi connectivity index (χ0v) is 11.5. The van der Waals surface area contributed by atoms with E-state index in [9.17, 15) is 10.1 Å². The Hall–Kier alpha value is -1.33. The van der Waals surface area contributed by atoms with Crippen molar-refractivity contribution in [2.45, 2.75) is 25.8 Å². The molecule has 104 valence electrons. The third-order valence-corrected chi connectivity index (χ3v) is 3.29. The highest BCUT2D eigenvalue weighted by Gasteiger charge is 2.22. The largest absolute Gasteiger partial charge is 0.485 e. The van der Waals surface area contributed by atoms with Gasteiger partial charge in [0, 0.05) is 24.6 Å². The fourth-order valence-electron chi connectivity index (χ4n) is 1.72. The van der Waals surface area contributed by atoms with E-state index in [0.29, 0.717) is 12.6 Å². The summed E-state index contributed by atoms with van der Waals surface area (Å²) in [6.45, 7) is 3.30. The Morgan fingerprint density at radius 2 is 2.32 bits per heavy atom. The Morgan fingerprint density at radius 3 is 2.95 bits per heavy atom. The average Bonchev–Trinajstić information content (AvgIpc) is 3.18. The summed E-state index contributed by atoms with van der Waals surface area (Å²) < 4.78 is 5.53. The maximum atomic E-state index is 10.9. The van der Waals surface area contributed by atoms with E-state index in [1.165, 1.54) is 18.9 Å². The summed E-state index contributed by atoms with van der Waals surface area (Å²) in [6, 6.07) is 5.19. The van der Waals surface area contributed by atoms with Crippen molar-refractivity contribution in [2.24, 2.45) is 5.92 Å². The molecule has 1 aromatic carbocycles. The Labute approximate surface area is 117 Å². The molecule has 19 heavy (non-hydrogen) atoms. The van der Waals surface area contributed by atoms with Gasteiger partial charge in [-0.1, -0.05) is 24.6 Å². The van der Waals surface area contributed by atoms with E-state index >= 15 is 0 Å². The number of halogens is 1. The lowest BCUT2D eigenvalue weighted by atomic mass is 10.2. The SMILES string of the molecule is CC(CNC1CC1)COc1c(Cl)cccc1[N+](=O)[O-]. The van der Waals surface area contributed by atoms with Crippen LogP contribution in [0.15, 0.2) is 18.2 Å². The zero-order chi connectivity index (χ0) is 13.8. The first kappa shape index (κ1) is 14.1. The molecule has 0 heterocycles. The zero-order valence-electron chi connectivity index (χ0n) is 10.8. The third kappa shape index (κ3) is 4.08. The smallest absolute Gasteiger partial charge is 0.312 e. The molecule has 1 aromatic rings. The van der Waals surface area contributed by atoms with Crippen LogP contribution >= 0.6 is 11.6 Å². The molecule has 0 aromatic heterocycles. The van der Waals surface area contributed by atoms with Crippen molar-refractivity contribution < 1.29 is 9.66 Å². The molecule has 5 nitrogen and oxygen atoms in total. The van der Waals surface area contributed by atoms with Gasteiger partial charge in [-0.15, -0.1) is 0 Å². The normalized spacial score (nSPS) is 16.1. The second-order valence-electron chi connectivity index (χ2n) is 4.94. The van der Waals surface area contributed by atoms with E-state index in [4.69, 9.17) is 16.3 Å². The number of benzene rings is 1. The van der Waals surface area contributed by atoms with Gasteiger partial charge >= 0.3 is 5.69 Å². The van der Waals surface area contributed by atoms with Gasteiger partial charge in [0.25, 0.3) is 0 Å². The molecule has 0 bridgehead atoms. The number of nitro groups is 1. The highest BCUT2D eigenvalue weighted by Crippen LogP contribution is 2.34. The monoisotopic (exact) mass is 284 g/mol. The summed E-state index contributed by atoms with van der Waals surface area (Å²) in [4.78, 5) is 10.4. The van der Waals surface area contributed by atoms with Gasteiger partial charge < -0.3 is 10.1 Å². The van der Waals surface area contributed by atoms with Crippen LogP contribution in [0.2, 0.25) is 5.02 Å². The molecule has 1 atom stereocenters. The summed E-state index contributed by atoms with van der Waals surface area (Å²) in [6.07, 6.45) is 2.48. The number of nitrogens with zero attached hydrogens (tertiary/aromatic N) is 1. The van der Waals surface area contributed by atoms with Crippen molar-refractivity contribution in [1.29, 1.82) is 0 Å². The summed E-state index contributed by atoms with van der Waals surface area (Å²) in [7, 11) is 0. The van der Waals surface area contributed by atoms with Crippen LogP contribution in [0.3, 0.4) is 0 Å². The van der Waals surface area contributed by atoms with Crippen molar-refractivity contribution in [3.8, 4) is 5.75 Å². The Kier molecular flexibility index (Phi) is 4.61. The van der Waals surface area contributed by atoms with Crippen LogP contribution in [0.25, 0.3) is 0 Å². The third-order valence-electron chi connectivity index (χ3n) is 2.99.